The molecule has 1 unspecified atom stereocenters. The quantitative estimate of drug-likeness (QED) is 0.867. The molecule has 0 saturated carbocycles. The van der Waals surface area contributed by atoms with E-state index in [4.69, 9.17) is 4.74 Å². The van der Waals surface area contributed by atoms with Crippen molar-refractivity contribution in [3.63, 3.8) is 0 Å². The van der Waals surface area contributed by atoms with Crippen LogP contribution in [0.25, 0.3) is 0 Å². The monoisotopic (exact) mass is 306 g/mol. The van der Waals surface area contributed by atoms with Gasteiger partial charge in [-0.15, -0.1) is 0 Å². The molecule has 0 spiro atoms. The number of carbonyl (C=O) groups is 1. The number of nitrogens with zero attached hydrogens (tertiary/aromatic N) is 2. The van der Waals surface area contributed by atoms with Crippen LogP contribution in [0.3, 0.4) is 0 Å². The van der Waals surface area contributed by atoms with E-state index in [9.17, 15) is 4.79 Å². The van der Waals surface area contributed by atoms with Crippen molar-refractivity contribution in [1.82, 2.24) is 20.4 Å². The molecule has 0 radical (unpaired) electrons. The molecule has 0 aromatic carbocycles. The molecule has 0 bridgehead atoms. The lowest BCUT2D eigenvalue weighted by Crippen LogP contribution is -2.57. The van der Waals surface area contributed by atoms with Gasteiger partial charge in [-0.3, -0.25) is 9.48 Å². The van der Waals surface area contributed by atoms with Crippen LogP contribution in [0.5, 0.6) is 0 Å². The second-order valence-electron chi connectivity index (χ2n) is 6.44. The molecule has 2 saturated heterocycles. The van der Waals surface area contributed by atoms with E-state index < -0.39 is 5.54 Å². The SMILES string of the molecule is CC(NC(=O)C1(n2cccn2)CCNCC1)C1CCOCC1. The number of ether oxygens (including phenoxy) is 1. The molecule has 2 N–H and O–H groups in total. The Morgan fingerprint density at radius 3 is 2.77 bits per heavy atom. The number of rotatable bonds is 4. The fraction of sp³-hybridized carbons (Fsp3) is 0.750. The van der Waals surface area contributed by atoms with E-state index in [1.807, 2.05) is 16.9 Å². The first-order valence-corrected chi connectivity index (χ1v) is 8.32. The summed E-state index contributed by atoms with van der Waals surface area (Å²) >= 11 is 0. The highest BCUT2D eigenvalue weighted by molar-refractivity contribution is 5.84. The Morgan fingerprint density at radius 2 is 2.14 bits per heavy atom. The Bertz CT molecular complexity index is 476. The molecular formula is C16H26N4O2. The number of amides is 1. The normalized spacial score (nSPS) is 23.9. The lowest BCUT2D eigenvalue weighted by atomic mass is 9.86. The van der Waals surface area contributed by atoms with Crippen LogP contribution in [0.1, 0.15) is 32.6 Å². The van der Waals surface area contributed by atoms with Gasteiger partial charge in [0.25, 0.3) is 0 Å². The summed E-state index contributed by atoms with van der Waals surface area (Å²) in [5.74, 6) is 0.616. The second kappa shape index (κ2) is 6.79. The van der Waals surface area contributed by atoms with E-state index in [-0.39, 0.29) is 11.9 Å². The van der Waals surface area contributed by atoms with Crippen molar-refractivity contribution in [3.05, 3.63) is 18.5 Å². The summed E-state index contributed by atoms with van der Waals surface area (Å²) in [6, 6.07) is 2.07. The first-order chi connectivity index (χ1) is 10.7. The Morgan fingerprint density at radius 1 is 1.41 bits per heavy atom. The first-order valence-electron chi connectivity index (χ1n) is 8.32. The van der Waals surface area contributed by atoms with E-state index in [1.54, 1.807) is 6.20 Å². The maximum Gasteiger partial charge on any atom is 0.248 e. The number of aromatic nitrogens is 2. The van der Waals surface area contributed by atoms with Crippen LogP contribution in [0.2, 0.25) is 0 Å². The minimum Gasteiger partial charge on any atom is -0.381 e. The zero-order valence-corrected chi connectivity index (χ0v) is 13.3. The molecule has 0 aliphatic carbocycles. The Hall–Kier alpha value is -1.40. The van der Waals surface area contributed by atoms with Crippen LogP contribution < -0.4 is 10.6 Å². The van der Waals surface area contributed by atoms with Gasteiger partial charge in [-0.05, 0) is 57.7 Å². The van der Waals surface area contributed by atoms with Crippen molar-refractivity contribution in [3.8, 4) is 0 Å². The van der Waals surface area contributed by atoms with E-state index in [2.05, 4.69) is 22.7 Å². The van der Waals surface area contributed by atoms with E-state index in [0.717, 1.165) is 52.0 Å². The Balaban J connectivity index is 1.72. The van der Waals surface area contributed by atoms with Crippen molar-refractivity contribution in [1.29, 1.82) is 0 Å². The first kappa shape index (κ1) is 15.5. The van der Waals surface area contributed by atoms with Crippen LogP contribution >= 0.6 is 0 Å². The average Bonchev–Trinajstić information content (AvgIpc) is 3.11. The van der Waals surface area contributed by atoms with Crippen molar-refractivity contribution >= 4 is 5.91 Å². The summed E-state index contributed by atoms with van der Waals surface area (Å²) in [4.78, 5) is 13.0. The molecule has 1 aromatic heterocycles. The molecule has 1 amide bonds. The number of nitrogens with one attached hydrogen (secondary N) is 2. The summed E-state index contributed by atoms with van der Waals surface area (Å²) in [6.45, 7) is 5.42. The van der Waals surface area contributed by atoms with Gasteiger partial charge in [0, 0.05) is 31.6 Å². The van der Waals surface area contributed by atoms with Crippen LogP contribution in [-0.2, 0) is 15.1 Å². The molecule has 6 nitrogen and oxygen atoms in total. The molecule has 3 rings (SSSR count). The van der Waals surface area contributed by atoms with Crippen molar-refractivity contribution < 1.29 is 9.53 Å². The van der Waals surface area contributed by atoms with E-state index in [1.165, 1.54) is 0 Å². The Labute approximate surface area is 131 Å². The number of hydrogen-bond donors (Lipinski definition) is 2. The largest absolute Gasteiger partial charge is 0.381 e. The predicted octanol–water partition coefficient (Wildman–Crippen LogP) is 0.893. The van der Waals surface area contributed by atoms with Gasteiger partial charge in [-0.1, -0.05) is 0 Å². The molecule has 2 fully saturated rings. The van der Waals surface area contributed by atoms with Crippen molar-refractivity contribution in [2.45, 2.75) is 44.2 Å². The Kier molecular flexibility index (Phi) is 4.78. The van der Waals surface area contributed by atoms with Gasteiger partial charge in [0.15, 0.2) is 0 Å². The third-order valence-electron chi connectivity index (χ3n) is 5.13. The zero-order chi connectivity index (χ0) is 15.4. The number of carbonyl (C=O) groups excluding carboxylic acids is 1. The highest BCUT2D eigenvalue weighted by atomic mass is 16.5. The maximum atomic E-state index is 13.0. The van der Waals surface area contributed by atoms with Gasteiger partial charge in [-0.2, -0.15) is 5.10 Å². The summed E-state index contributed by atoms with van der Waals surface area (Å²) in [5, 5.41) is 11.0. The predicted molar refractivity (Wildman–Crippen MR) is 83.5 cm³/mol. The molecule has 3 heterocycles. The van der Waals surface area contributed by atoms with Gasteiger partial charge >= 0.3 is 0 Å². The highest BCUT2D eigenvalue weighted by Crippen LogP contribution is 2.28. The lowest BCUT2D eigenvalue weighted by molar-refractivity contribution is -0.133. The van der Waals surface area contributed by atoms with Gasteiger partial charge in [0.2, 0.25) is 5.91 Å². The summed E-state index contributed by atoms with van der Waals surface area (Å²) in [5.41, 5.74) is -0.547. The fourth-order valence-electron chi connectivity index (χ4n) is 3.60. The fourth-order valence-corrected chi connectivity index (χ4v) is 3.60. The van der Waals surface area contributed by atoms with Crippen LogP contribution in [0, 0.1) is 5.92 Å². The van der Waals surface area contributed by atoms with E-state index in [0.29, 0.717) is 5.92 Å². The molecule has 1 atom stereocenters. The lowest BCUT2D eigenvalue weighted by Gasteiger charge is -2.38. The third-order valence-corrected chi connectivity index (χ3v) is 5.13. The van der Waals surface area contributed by atoms with Crippen LogP contribution in [-0.4, -0.2) is 48.0 Å². The van der Waals surface area contributed by atoms with Crippen molar-refractivity contribution in [2.24, 2.45) is 5.92 Å². The minimum absolute atomic E-state index is 0.108. The molecule has 122 valence electrons. The standard InChI is InChI=1S/C16H26N4O2/c1-13(14-3-11-22-12-4-14)19-15(21)16(5-8-17-9-6-16)20-10-2-7-18-20/h2,7,10,13-14,17H,3-6,8-9,11-12H2,1H3,(H,19,21). The summed E-state index contributed by atoms with van der Waals surface area (Å²) in [6.07, 6.45) is 7.26. The topological polar surface area (TPSA) is 68.2 Å². The minimum atomic E-state index is -0.547. The summed E-state index contributed by atoms with van der Waals surface area (Å²) in [7, 11) is 0. The smallest absolute Gasteiger partial charge is 0.248 e. The van der Waals surface area contributed by atoms with Gasteiger partial charge in [0.1, 0.15) is 5.54 Å². The molecular weight excluding hydrogens is 280 g/mol. The molecule has 6 heteroatoms. The molecule has 2 aliphatic rings. The van der Waals surface area contributed by atoms with Crippen molar-refractivity contribution in [2.75, 3.05) is 26.3 Å². The van der Waals surface area contributed by atoms with E-state index >= 15 is 0 Å². The zero-order valence-electron chi connectivity index (χ0n) is 13.3. The number of piperidine rings is 1. The molecule has 2 aliphatic heterocycles. The average molecular weight is 306 g/mol. The van der Waals surface area contributed by atoms with Gasteiger partial charge in [-0.25, -0.2) is 0 Å². The maximum absolute atomic E-state index is 13.0. The van der Waals surface area contributed by atoms with Crippen LogP contribution in [0.15, 0.2) is 18.5 Å². The van der Waals surface area contributed by atoms with Crippen LogP contribution in [0.4, 0.5) is 0 Å². The molecule has 1 aromatic rings. The van der Waals surface area contributed by atoms with Gasteiger partial charge < -0.3 is 15.4 Å². The summed E-state index contributed by atoms with van der Waals surface area (Å²) < 4.78 is 7.26. The molecule has 22 heavy (non-hydrogen) atoms. The number of hydrogen-bond acceptors (Lipinski definition) is 4. The third kappa shape index (κ3) is 3.03. The second-order valence-corrected chi connectivity index (χ2v) is 6.44. The highest BCUT2D eigenvalue weighted by Gasteiger charge is 2.42. The van der Waals surface area contributed by atoms with Gasteiger partial charge in [0.05, 0.1) is 0 Å².